The molecular weight excluding hydrogens is 259 g/mol. The van der Waals surface area contributed by atoms with E-state index in [4.69, 9.17) is 4.74 Å². The molecule has 106 valence electrons. The van der Waals surface area contributed by atoms with Crippen LogP contribution in [0, 0.1) is 0 Å². The van der Waals surface area contributed by atoms with E-state index in [0.717, 1.165) is 6.07 Å². The number of hydrogen-bond donors (Lipinski definition) is 1. The Balaban J connectivity index is 2.52. The van der Waals surface area contributed by atoms with Crippen LogP contribution < -0.4 is 5.32 Å². The molecule has 3 nitrogen and oxygen atoms in total. The highest BCUT2D eigenvalue weighted by molar-refractivity contribution is 5.75. The highest BCUT2D eigenvalue weighted by Crippen LogP contribution is 2.31. The molecule has 0 fully saturated rings. The van der Waals surface area contributed by atoms with Crippen LogP contribution in [0.5, 0.6) is 0 Å². The lowest BCUT2D eigenvalue weighted by atomic mass is 10.0. The third-order valence-electron chi connectivity index (χ3n) is 2.57. The van der Waals surface area contributed by atoms with Crippen molar-refractivity contribution in [1.82, 2.24) is 5.32 Å². The van der Waals surface area contributed by atoms with Crippen LogP contribution in [0.15, 0.2) is 24.3 Å². The van der Waals surface area contributed by atoms with E-state index in [1.165, 1.54) is 19.2 Å². The first-order chi connectivity index (χ1) is 8.95. The molecule has 0 heterocycles. The Kier molecular flexibility index (Phi) is 5.82. The quantitative estimate of drug-likeness (QED) is 0.865. The van der Waals surface area contributed by atoms with Crippen molar-refractivity contribution in [2.45, 2.75) is 19.0 Å². The summed E-state index contributed by atoms with van der Waals surface area (Å²) in [5.41, 5.74) is -0.469. The summed E-state index contributed by atoms with van der Waals surface area (Å²) in [6.45, 7) is 0.473. The first-order valence-corrected chi connectivity index (χ1v) is 5.86. The summed E-state index contributed by atoms with van der Waals surface area (Å²) < 4.78 is 42.8. The number of alkyl halides is 3. The lowest BCUT2D eigenvalue weighted by Crippen LogP contribution is -2.27. The van der Waals surface area contributed by atoms with E-state index in [1.54, 1.807) is 6.07 Å². The van der Waals surface area contributed by atoms with Crippen LogP contribution in [-0.4, -0.2) is 26.2 Å². The van der Waals surface area contributed by atoms with Crippen molar-refractivity contribution in [1.29, 1.82) is 0 Å². The average molecular weight is 275 g/mol. The Labute approximate surface area is 109 Å². The molecule has 0 aliphatic carbocycles. The largest absolute Gasteiger partial charge is 0.416 e. The van der Waals surface area contributed by atoms with Crippen molar-refractivity contribution in [3.63, 3.8) is 0 Å². The van der Waals surface area contributed by atoms with Gasteiger partial charge in [-0.05, 0) is 18.1 Å². The Morgan fingerprint density at radius 2 is 2.00 bits per heavy atom. The lowest BCUT2D eigenvalue weighted by molar-refractivity contribution is -0.138. The fourth-order valence-corrected chi connectivity index (χ4v) is 1.63. The number of halogens is 3. The van der Waals surface area contributed by atoms with Gasteiger partial charge in [0, 0.05) is 20.1 Å². The first-order valence-electron chi connectivity index (χ1n) is 5.86. The van der Waals surface area contributed by atoms with E-state index < -0.39 is 11.7 Å². The summed E-state index contributed by atoms with van der Waals surface area (Å²) >= 11 is 0. The zero-order chi connectivity index (χ0) is 14.3. The summed E-state index contributed by atoms with van der Waals surface area (Å²) in [6.07, 6.45) is -4.01. The van der Waals surface area contributed by atoms with Crippen LogP contribution in [0.25, 0.3) is 0 Å². The molecular formula is C13H16F3NO2. The molecule has 0 spiro atoms. The van der Waals surface area contributed by atoms with Gasteiger partial charge >= 0.3 is 6.18 Å². The normalized spacial score (nSPS) is 11.4. The van der Waals surface area contributed by atoms with Crippen LogP contribution in [0.4, 0.5) is 13.2 Å². The van der Waals surface area contributed by atoms with Crippen molar-refractivity contribution >= 4 is 5.91 Å². The summed E-state index contributed by atoms with van der Waals surface area (Å²) in [5.74, 6) is -0.230. The predicted molar refractivity (Wildman–Crippen MR) is 64.7 cm³/mol. The van der Waals surface area contributed by atoms with E-state index >= 15 is 0 Å². The average Bonchev–Trinajstić information content (AvgIpc) is 2.35. The maximum absolute atomic E-state index is 12.7. The van der Waals surface area contributed by atoms with Gasteiger partial charge in [-0.1, -0.05) is 18.2 Å². The number of benzene rings is 1. The van der Waals surface area contributed by atoms with Crippen molar-refractivity contribution < 1.29 is 22.7 Å². The molecule has 1 rings (SSSR count). The van der Waals surface area contributed by atoms with E-state index in [0.29, 0.717) is 6.61 Å². The number of amides is 1. The molecule has 0 atom stereocenters. The number of hydrogen-bond acceptors (Lipinski definition) is 2. The van der Waals surface area contributed by atoms with Crippen molar-refractivity contribution in [2.24, 2.45) is 0 Å². The lowest BCUT2D eigenvalue weighted by Gasteiger charge is -2.12. The number of rotatable bonds is 6. The molecule has 0 radical (unpaired) electrons. The van der Waals surface area contributed by atoms with Crippen LogP contribution in [0.1, 0.15) is 17.5 Å². The zero-order valence-electron chi connectivity index (χ0n) is 10.6. The van der Waals surface area contributed by atoms with Crippen molar-refractivity contribution in [2.75, 3.05) is 20.3 Å². The van der Waals surface area contributed by atoms with Crippen LogP contribution in [0.3, 0.4) is 0 Å². The van der Waals surface area contributed by atoms with Gasteiger partial charge in [0.15, 0.2) is 0 Å². The maximum Gasteiger partial charge on any atom is 0.416 e. The third-order valence-corrected chi connectivity index (χ3v) is 2.57. The Morgan fingerprint density at radius 3 is 2.63 bits per heavy atom. The molecule has 0 aliphatic heterocycles. The molecule has 0 saturated heterocycles. The molecule has 0 unspecified atom stereocenters. The molecule has 0 saturated carbocycles. The van der Waals surface area contributed by atoms with E-state index in [1.807, 2.05) is 0 Å². The smallest absolute Gasteiger partial charge is 0.384 e. The van der Waals surface area contributed by atoms with Gasteiger partial charge in [0.05, 0.1) is 12.2 Å². The second-order valence-electron chi connectivity index (χ2n) is 4.00. The predicted octanol–water partition coefficient (Wildman–Crippen LogP) is 2.40. The molecule has 6 heteroatoms. The van der Waals surface area contributed by atoms with Gasteiger partial charge in [-0.25, -0.2) is 0 Å². The number of ether oxygens (including phenoxy) is 1. The molecule has 0 bridgehead atoms. The van der Waals surface area contributed by atoms with Crippen LogP contribution >= 0.6 is 0 Å². The standard InChI is InChI=1S/C13H16F3NO2/c1-19-9-7-12(18)17-8-6-10-4-2-3-5-11(10)13(14,15)16/h2-5H,6-9H2,1H3,(H,17,18). The minimum Gasteiger partial charge on any atom is -0.384 e. The van der Waals surface area contributed by atoms with Gasteiger partial charge in [-0.15, -0.1) is 0 Å². The number of carbonyl (C=O) groups excluding carboxylic acids is 1. The summed E-state index contributed by atoms with van der Waals surface area (Å²) in [5, 5.41) is 2.56. The number of methoxy groups -OCH3 is 1. The Bertz CT molecular complexity index is 419. The summed E-state index contributed by atoms with van der Waals surface area (Å²) in [7, 11) is 1.48. The van der Waals surface area contributed by atoms with Crippen LogP contribution in [-0.2, 0) is 22.1 Å². The van der Waals surface area contributed by atoms with E-state index in [9.17, 15) is 18.0 Å². The van der Waals surface area contributed by atoms with E-state index in [-0.39, 0.29) is 30.9 Å². The topological polar surface area (TPSA) is 38.3 Å². The minimum absolute atomic E-state index is 0.147. The monoisotopic (exact) mass is 275 g/mol. The Hall–Kier alpha value is -1.56. The molecule has 0 aromatic heterocycles. The van der Waals surface area contributed by atoms with Gasteiger partial charge in [0.1, 0.15) is 0 Å². The van der Waals surface area contributed by atoms with Gasteiger partial charge < -0.3 is 10.1 Å². The second-order valence-corrected chi connectivity index (χ2v) is 4.00. The fraction of sp³-hybridized carbons (Fsp3) is 0.462. The first kappa shape index (κ1) is 15.5. The van der Waals surface area contributed by atoms with Crippen molar-refractivity contribution in [3.8, 4) is 0 Å². The SMILES string of the molecule is COCCC(=O)NCCc1ccccc1C(F)(F)F. The molecule has 0 aliphatic rings. The third kappa shape index (κ3) is 5.30. The molecule has 1 N–H and O–H groups in total. The molecule has 1 aromatic rings. The minimum atomic E-state index is -4.36. The van der Waals surface area contributed by atoms with Gasteiger partial charge in [0.25, 0.3) is 0 Å². The zero-order valence-corrected chi connectivity index (χ0v) is 10.6. The van der Waals surface area contributed by atoms with Crippen LogP contribution in [0.2, 0.25) is 0 Å². The van der Waals surface area contributed by atoms with E-state index in [2.05, 4.69) is 5.32 Å². The maximum atomic E-state index is 12.7. The van der Waals surface area contributed by atoms with Gasteiger partial charge in [0.2, 0.25) is 5.91 Å². The summed E-state index contributed by atoms with van der Waals surface area (Å²) in [6, 6.07) is 5.37. The molecule has 19 heavy (non-hydrogen) atoms. The number of nitrogens with one attached hydrogen (secondary N) is 1. The van der Waals surface area contributed by atoms with Gasteiger partial charge in [-0.2, -0.15) is 13.2 Å². The van der Waals surface area contributed by atoms with Gasteiger partial charge in [-0.3, -0.25) is 4.79 Å². The second kappa shape index (κ2) is 7.13. The highest BCUT2D eigenvalue weighted by Gasteiger charge is 2.32. The highest BCUT2D eigenvalue weighted by atomic mass is 19.4. The fourth-order valence-electron chi connectivity index (χ4n) is 1.63. The van der Waals surface area contributed by atoms with Crippen molar-refractivity contribution in [3.05, 3.63) is 35.4 Å². The molecule has 1 amide bonds. The Morgan fingerprint density at radius 1 is 1.32 bits per heavy atom. The molecule has 1 aromatic carbocycles. The number of carbonyl (C=O) groups is 1. The summed E-state index contributed by atoms with van der Waals surface area (Å²) in [4.78, 5) is 11.3.